The number of morpholine rings is 1. The zero-order valence-electron chi connectivity index (χ0n) is 20.1. The van der Waals surface area contributed by atoms with Crippen LogP contribution < -0.4 is 4.90 Å². The molecular weight excluding hydrogens is 482 g/mol. The van der Waals surface area contributed by atoms with Crippen molar-refractivity contribution in [3.8, 4) is 17.1 Å². The molecule has 0 saturated carbocycles. The third-order valence-electron chi connectivity index (χ3n) is 6.91. The number of ether oxygens (including phenoxy) is 1. The number of benzene rings is 1. The molecule has 1 N–H and O–H groups in total. The smallest absolute Gasteiger partial charge is 0.184 e. The van der Waals surface area contributed by atoms with E-state index in [1.807, 2.05) is 4.68 Å². The van der Waals surface area contributed by atoms with Gasteiger partial charge in [-0.05, 0) is 25.0 Å². The highest BCUT2D eigenvalue weighted by molar-refractivity contribution is 5.85. The molecule has 0 bridgehead atoms. The molecule has 0 radical (unpaired) electrons. The van der Waals surface area contributed by atoms with E-state index >= 15 is 0 Å². The van der Waals surface area contributed by atoms with Gasteiger partial charge in [0.05, 0.1) is 25.5 Å². The van der Waals surface area contributed by atoms with Crippen LogP contribution >= 0.6 is 0 Å². The van der Waals surface area contributed by atoms with Crippen LogP contribution in [0.2, 0.25) is 0 Å². The molecule has 0 atom stereocenters. The first kappa shape index (κ1) is 23.6. The summed E-state index contributed by atoms with van der Waals surface area (Å²) < 4.78 is 34.8. The molecule has 2 fully saturated rings. The zero-order valence-corrected chi connectivity index (χ0v) is 20.1. The number of anilines is 1. The van der Waals surface area contributed by atoms with Crippen LogP contribution in [0.25, 0.3) is 22.6 Å². The Kier molecular flexibility index (Phi) is 6.35. The van der Waals surface area contributed by atoms with Crippen molar-refractivity contribution < 1.29 is 18.6 Å². The zero-order chi connectivity index (χ0) is 25.4. The van der Waals surface area contributed by atoms with Gasteiger partial charge >= 0.3 is 0 Å². The number of rotatable bonds is 5. The average molecular weight is 509 g/mol. The van der Waals surface area contributed by atoms with Gasteiger partial charge < -0.3 is 14.7 Å². The van der Waals surface area contributed by atoms with E-state index in [2.05, 4.69) is 25.1 Å². The van der Waals surface area contributed by atoms with Crippen LogP contribution in [0.15, 0.2) is 36.7 Å². The molecule has 2 aliphatic heterocycles. The largest absolute Gasteiger partial charge is 0.506 e. The third-order valence-corrected chi connectivity index (χ3v) is 6.91. The summed E-state index contributed by atoms with van der Waals surface area (Å²) in [4.78, 5) is 17.9. The number of piperidine rings is 1. The van der Waals surface area contributed by atoms with Gasteiger partial charge in [-0.1, -0.05) is 11.3 Å². The maximum absolute atomic E-state index is 14.1. The van der Waals surface area contributed by atoms with E-state index in [9.17, 15) is 13.9 Å². The van der Waals surface area contributed by atoms with Crippen LogP contribution in [0.3, 0.4) is 0 Å². The van der Waals surface area contributed by atoms with Crippen molar-refractivity contribution in [2.45, 2.75) is 25.4 Å². The Hall–Kier alpha value is -3.77. The van der Waals surface area contributed by atoms with E-state index in [4.69, 9.17) is 14.7 Å². The van der Waals surface area contributed by atoms with E-state index in [-0.39, 0.29) is 11.8 Å². The summed E-state index contributed by atoms with van der Waals surface area (Å²) in [5, 5.41) is 18.9. The standard InChI is InChI=1S/C25H26F2N8O2/c26-18-2-1-16(21(27)12-18)15-33-5-3-19(4-6-33)35-25-22(31-32-35)24(34-7-9-37-10-8-34)29-23(30-25)17-11-20(36)14-28-13-17/h1-2,11-14,19,36H,3-10,15H2. The topological polar surface area (TPSA) is 105 Å². The molecule has 0 amide bonds. The summed E-state index contributed by atoms with van der Waals surface area (Å²) in [6.07, 6.45) is 4.54. The van der Waals surface area contributed by atoms with Gasteiger partial charge in [0.15, 0.2) is 22.8 Å². The molecule has 0 aliphatic carbocycles. The van der Waals surface area contributed by atoms with Crippen LogP contribution in [0.4, 0.5) is 14.6 Å². The SMILES string of the molecule is Oc1cncc(-c2nc(N3CCOCC3)c3nnn(C4CCN(Cc5ccc(F)cc5F)CC4)c3n2)c1. The minimum Gasteiger partial charge on any atom is -0.506 e. The second kappa shape index (κ2) is 9.94. The monoisotopic (exact) mass is 508 g/mol. The molecule has 192 valence electrons. The summed E-state index contributed by atoms with van der Waals surface area (Å²) in [5.41, 5.74) is 2.33. The van der Waals surface area contributed by atoms with Gasteiger partial charge in [-0.25, -0.2) is 23.4 Å². The van der Waals surface area contributed by atoms with Crippen LogP contribution in [0, 0.1) is 11.6 Å². The Morgan fingerprint density at radius 3 is 2.57 bits per heavy atom. The number of halogens is 2. The molecule has 12 heteroatoms. The van der Waals surface area contributed by atoms with Gasteiger partial charge in [0, 0.05) is 56.1 Å². The molecule has 6 rings (SSSR count). The summed E-state index contributed by atoms with van der Waals surface area (Å²) in [7, 11) is 0. The average Bonchev–Trinajstić information content (AvgIpc) is 3.35. The number of likely N-dealkylation sites (tertiary alicyclic amines) is 1. The maximum atomic E-state index is 14.1. The number of aromatic hydroxyl groups is 1. The molecule has 0 spiro atoms. The Labute approximate surface area is 211 Å². The lowest BCUT2D eigenvalue weighted by atomic mass is 10.0. The minimum atomic E-state index is -0.572. The second-order valence-corrected chi connectivity index (χ2v) is 9.35. The summed E-state index contributed by atoms with van der Waals surface area (Å²) in [5.74, 6) is 0.0565. The fourth-order valence-electron chi connectivity index (χ4n) is 4.95. The predicted molar refractivity (Wildman–Crippen MR) is 131 cm³/mol. The molecule has 3 aromatic heterocycles. The van der Waals surface area contributed by atoms with E-state index < -0.39 is 11.6 Å². The Morgan fingerprint density at radius 2 is 1.81 bits per heavy atom. The van der Waals surface area contributed by atoms with Crippen LogP contribution in [0.5, 0.6) is 5.75 Å². The Balaban J connectivity index is 1.29. The van der Waals surface area contributed by atoms with Gasteiger partial charge in [-0.2, -0.15) is 0 Å². The van der Waals surface area contributed by atoms with E-state index in [0.29, 0.717) is 66.8 Å². The Morgan fingerprint density at radius 1 is 1.00 bits per heavy atom. The van der Waals surface area contributed by atoms with Crippen LogP contribution in [-0.4, -0.2) is 79.3 Å². The highest BCUT2D eigenvalue weighted by atomic mass is 19.1. The van der Waals surface area contributed by atoms with Crippen molar-refractivity contribution in [2.75, 3.05) is 44.3 Å². The highest BCUT2D eigenvalue weighted by Crippen LogP contribution is 2.31. The lowest BCUT2D eigenvalue weighted by molar-refractivity contribution is 0.122. The number of fused-ring (bicyclic) bond motifs is 1. The fraction of sp³-hybridized carbons (Fsp3) is 0.400. The molecule has 1 aromatic carbocycles. The van der Waals surface area contributed by atoms with Gasteiger partial charge in [-0.15, -0.1) is 5.10 Å². The number of nitrogens with zero attached hydrogens (tertiary/aromatic N) is 8. The number of pyridine rings is 1. The van der Waals surface area contributed by atoms with Crippen molar-refractivity contribution in [2.24, 2.45) is 0 Å². The first-order valence-corrected chi connectivity index (χ1v) is 12.3. The maximum Gasteiger partial charge on any atom is 0.184 e. The highest BCUT2D eigenvalue weighted by Gasteiger charge is 2.27. The van der Waals surface area contributed by atoms with E-state index in [0.717, 1.165) is 32.0 Å². The van der Waals surface area contributed by atoms with Crippen LogP contribution in [0.1, 0.15) is 24.4 Å². The number of hydrogen-bond donors (Lipinski definition) is 1. The van der Waals surface area contributed by atoms with Gasteiger partial charge in [0.1, 0.15) is 17.4 Å². The summed E-state index contributed by atoms with van der Waals surface area (Å²) in [6.45, 7) is 4.42. The van der Waals surface area contributed by atoms with Crippen molar-refractivity contribution in [3.63, 3.8) is 0 Å². The number of hydrogen-bond acceptors (Lipinski definition) is 9. The summed E-state index contributed by atoms with van der Waals surface area (Å²) in [6, 6.07) is 5.36. The van der Waals surface area contributed by atoms with Crippen molar-refractivity contribution in [3.05, 3.63) is 53.9 Å². The predicted octanol–water partition coefficient (Wildman–Crippen LogP) is 2.94. The van der Waals surface area contributed by atoms with Gasteiger partial charge in [0.25, 0.3) is 0 Å². The first-order chi connectivity index (χ1) is 18.0. The molecule has 10 nitrogen and oxygen atoms in total. The third kappa shape index (κ3) is 4.81. The van der Waals surface area contributed by atoms with Gasteiger partial charge in [0.2, 0.25) is 0 Å². The Bertz CT molecular complexity index is 1420. The van der Waals surface area contributed by atoms with Gasteiger partial charge in [-0.3, -0.25) is 9.88 Å². The normalized spacial score (nSPS) is 17.5. The lowest BCUT2D eigenvalue weighted by Gasteiger charge is -2.32. The molecule has 5 heterocycles. The first-order valence-electron chi connectivity index (χ1n) is 12.3. The number of aromatic nitrogens is 6. The molecule has 0 unspecified atom stereocenters. The second-order valence-electron chi connectivity index (χ2n) is 9.35. The van der Waals surface area contributed by atoms with Crippen molar-refractivity contribution >= 4 is 17.0 Å². The molecule has 4 aromatic rings. The molecule has 2 saturated heterocycles. The fourth-order valence-corrected chi connectivity index (χ4v) is 4.95. The molecule has 37 heavy (non-hydrogen) atoms. The quantitative estimate of drug-likeness (QED) is 0.436. The lowest BCUT2D eigenvalue weighted by Crippen LogP contribution is -2.37. The van der Waals surface area contributed by atoms with E-state index in [1.165, 1.54) is 18.3 Å². The molecule has 2 aliphatic rings. The van der Waals surface area contributed by atoms with E-state index in [1.54, 1.807) is 12.3 Å². The summed E-state index contributed by atoms with van der Waals surface area (Å²) >= 11 is 0. The minimum absolute atomic E-state index is 0.0331. The van der Waals surface area contributed by atoms with Crippen molar-refractivity contribution in [1.29, 1.82) is 0 Å². The van der Waals surface area contributed by atoms with Crippen molar-refractivity contribution in [1.82, 2.24) is 34.8 Å². The van der Waals surface area contributed by atoms with Crippen LogP contribution in [-0.2, 0) is 11.3 Å². The molecular formula is C25H26F2N8O2.